The summed E-state index contributed by atoms with van der Waals surface area (Å²) in [7, 11) is 1.39. The summed E-state index contributed by atoms with van der Waals surface area (Å²) >= 11 is 0. The maximum absolute atomic E-state index is 12.6. The van der Waals surface area contributed by atoms with E-state index in [1.165, 1.54) is 24.7 Å². The number of carbonyl (C=O) groups is 2. The molecule has 0 radical (unpaired) electrons. The molecule has 25 heavy (non-hydrogen) atoms. The molecule has 3 fully saturated rings. The number of benzene rings is 1. The van der Waals surface area contributed by atoms with E-state index >= 15 is 0 Å². The SMILES string of the molecule is COC(=O)C1=NNC(=O)[C@H]2[C@H]3C[C@@H]([C@@H]12)[C@@H]1[C@H]3[C@H]2C[C@@H]1c1ccccc12. The Morgan fingerprint density at radius 3 is 2.36 bits per heavy atom. The van der Waals surface area contributed by atoms with Gasteiger partial charge in [-0.15, -0.1) is 0 Å². The van der Waals surface area contributed by atoms with Crippen LogP contribution in [-0.4, -0.2) is 24.7 Å². The van der Waals surface area contributed by atoms with Gasteiger partial charge in [0.2, 0.25) is 5.91 Å². The molecule has 8 atom stereocenters. The fourth-order valence-electron chi connectivity index (χ4n) is 7.36. The summed E-state index contributed by atoms with van der Waals surface area (Å²) < 4.78 is 4.95. The van der Waals surface area contributed by atoms with Gasteiger partial charge in [-0.1, -0.05) is 24.3 Å². The van der Waals surface area contributed by atoms with E-state index in [9.17, 15) is 9.59 Å². The van der Waals surface area contributed by atoms with Gasteiger partial charge < -0.3 is 4.74 Å². The standard InChI is InChI=1S/C20H20N2O3/c1-25-20(24)18-16-12-7-13(17(16)19(23)22-21-18)15-11-6-10(14(12)15)8-4-2-3-5-9(8)11/h2-5,10-17H,6-7H2,1H3,(H,22,23)/t10-,11+,12-,13+,14-,15+,16-,17+/m1/s1. The number of rotatable bonds is 1. The fourth-order valence-corrected chi connectivity index (χ4v) is 7.36. The van der Waals surface area contributed by atoms with Crippen molar-refractivity contribution in [2.45, 2.75) is 24.7 Å². The molecule has 0 saturated heterocycles. The molecule has 4 aliphatic carbocycles. The Bertz CT molecular complexity index is 847. The van der Waals surface area contributed by atoms with Crippen molar-refractivity contribution >= 4 is 17.6 Å². The number of carbonyl (C=O) groups excluding carboxylic acids is 2. The van der Waals surface area contributed by atoms with Gasteiger partial charge in [0.1, 0.15) is 5.71 Å². The average molecular weight is 336 g/mol. The van der Waals surface area contributed by atoms with Crippen LogP contribution in [0.1, 0.15) is 35.8 Å². The molecule has 5 heteroatoms. The van der Waals surface area contributed by atoms with Crippen molar-refractivity contribution in [3.8, 4) is 0 Å². The van der Waals surface area contributed by atoms with E-state index < -0.39 is 0 Å². The molecule has 0 spiro atoms. The van der Waals surface area contributed by atoms with Crippen molar-refractivity contribution in [3.63, 3.8) is 0 Å². The number of hydrazone groups is 1. The molecule has 1 heterocycles. The second-order valence-electron chi connectivity index (χ2n) is 8.31. The molecule has 1 aliphatic heterocycles. The molecule has 128 valence electrons. The quantitative estimate of drug-likeness (QED) is 0.630. The van der Waals surface area contributed by atoms with E-state index in [1.54, 1.807) is 0 Å². The predicted octanol–water partition coefficient (Wildman–Crippen LogP) is 2.04. The molecule has 3 saturated carbocycles. The Morgan fingerprint density at radius 2 is 1.72 bits per heavy atom. The van der Waals surface area contributed by atoms with Crippen molar-refractivity contribution in [2.75, 3.05) is 7.11 Å². The minimum atomic E-state index is -0.386. The Labute approximate surface area is 145 Å². The average Bonchev–Trinajstić information content (AvgIpc) is 3.38. The van der Waals surface area contributed by atoms with Gasteiger partial charge in [0.15, 0.2) is 0 Å². The Morgan fingerprint density at radius 1 is 1.08 bits per heavy atom. The number of nitrogens with zero attached hydrogens (tertiary/aromatic N) is 1. The zero-order valence-corrected chi connectivity index (χ0v) is 14.0. The van der Waals surface area contributed by atoms with Crippen LogP contribution in [0.15, 0.2) is 29.4 Å². The van der Waals surface area contributed by atoms with Gasteiger partial charge in [0.25, 0.3) is 0 Å². The largest absolute Gasteiger partial charge is 0.464 e. The van der Waals surface area contributed by atoms with Crippen molar-refractivity contribution in [1.82, 2.24) is 5.43 Å². The third kappa shape index (κ3) is 1.49. The summed E-state index contributed by atoms with van der Waals surface area (Å²) in [6.45, 7) is 0. The normalized spacial score (nSPS) is 44.7. The number of hydrogen-bond acceptors (Lipinski definition) is 4. The first-order valence-corrected chi connectivity index (χ1v) is 9.25. The van der Waals surface area contributed by atoms with Crippen LogP contribution in [0.25, 0.3) is 0 Å². The molecule has 0 aromatic heterocycles. The number of methoxy groups -OCH3 is 1. The van der Waals surface area contributed by atoms with Crippen LogP contribution in [0.3, 0.4) is 0 Å². The lowest BCUT2D eigenvalue weighted by Gasteiger charge is -2.44. The van der Waals surface area contributed by atoms with Crippen LogP contribution < -0.4 is 5.43 Å². The molecule has 0 unspecified atom stereocenters. The number of nitrogens with one attached hydrogen (secondary N) is 1. The summed E-state index contributed by atoms with van der Waals surface area (Å²) in [5, 5.41) is 4.11. The van der Waals surface area contributed by atoms with Crippen molar-refractivity contribution in [1.29, 1.82) is 0 Å². The maximum Gasteiger partial charge on any atom is 0.354 e. The molecule has 5 nitrogen and oxygen atoms in total. The van der Waals surface area contributed by atoms with E-state index in [0.717, 1.165) is 6.42 Å². The first-order chi connectivity index (χ1) is 12.2. The molecule has 4 bridgehead atoms. The lowest BCUT2D eigenvalue weighted by molar-refractivity contribution is -0.134. The first-order valence-electron chi connectivity index (χ1n) is 9.25. The highest BCUT2D eigenvalue weighted by molar-refractivity contribution is 6.38. The van der Waals surface area contributed by atoms with Gasteiger partial charge in [-0.3, -0.25) is 4.79 Å². The minimum absolute atomic E-state index is 0.000313. The highest BCUT2D eigenvalue weighted by Gasteiger charge is 2.69. The monoisotopic (exact) mass is 336 g/mol. The summed E-state index contributed by atoms with van der Waals surface area (Å²) in [4.78, 5) is 24.8. The highest BCUT2D eigenvalue weighted by Crippen LogP contribution is 2.74. The van der Waals surface area contributed by atoms with Gasteiger partial charge in [-0.05, 0) is 59.5 Å². The lowest BCUT2D eigenvalue weighted by Crippen LogP contribution is -2.52. The second kappa shape index (κ2) is 4.51. The van der Waals surface area contributed by atoms with Crippen LogP contribution >= 0.6 is 0 Å². The summed E-state index contributed by atoms with van der Waals surface area (Å²) in [5.74, 6) is 2.57. The van der Waals surface area contributed by atoms with Gasteiger partial charge in [0.05, 0.1) is 13.0 Å². The molecule has 1 amide bonds. The summed E-state index contributed by atoms with van der Waals surface area (Å²) in [5.41, 5.74) is 6.05. The third-order valence-electron chi connectivity index (χ3n) is 7.82. The van der Waals surface area contributed by atoms with E-state index in [0.29, 0.717) is 41.2 Å². The van der Waals surface area contributed by atoms with Gasteiger partial charge in [-0.25, -0.2) is 10.2 Å². The van der Waals surface area contributed by atoms with E-state index in [-0.39, 0.29) is 23.7 Å². The number of ether oxygens (including phenoxy) is 1. The van der Waals surface area contributed by atoms with Crippen LogP contribution in [0.2, 0.25) is 0 Å². The molecule has 6 rings (SSSR count). The smallest absolute Gasteiger partial charge is 0.354 e. The zero-order valence-electron chi connectivity index (χ0n) is 14.0. The minimum Gasteiger partial charge on any atom is -0.464 e. The molecule has 1 aromatic rings. The van der Waals surface area contributed by atoms with Crippen LogP contribution in [0.5, 0.6) is 0 Å². The van der Waals surface area contributed by atoms with Gasteiger partial charge in [0, 0.05) is 5.92 Å². The van der Waals surface area contributed by atoms with Gasteiger partial charge in [-0.2, -0.15) is 5.10 Å². The number of esters is 1. The molecule has 1 N–H and O–H groups in total. The number of amides is 1. The van der Waals surface area contributed by atoms with Crippen LogP contribution in [0, 0.1) is 35.5 Å². The lowest BCUT2D eigenvalue weighted by atomic mass is 9.61. The predicted molar refractivity (Wildman–Crippen MR) is 89.7 cm³/mol. The molecule has 1 aromatic carbocycles. The number of hydrogen-bond donors (Lipinski definition) is 1. The zero-order chi connectivity index (χ0) is 16.9. The Balaban J connectivity index is 1.46. The Hall–Kier alpha value is -2.17. The highest BCUT2D eigenvalue weighted by atomic mass is 16.5. The van der Waals surface area contributed by atoms with E-state index in [4.69, 9.17) is 4.74 Å². The van der Waals surface area contributed by atoms with E-state index in [2.05, 4.69) is 34.8 Å². The third-order valence-corrected chi connectivity index (χ3v) is 7.82. The van der Waals surface area contributed by atoms with Crippen molar-refractivity contribution in [3.05, 3.63) is 35.4 Å². The second-order valence-corrected chi connectivity index (χ2v) is 8.31. The fraction of sp³-hybridized carbons (Fsp3) is 0.550. The maximum atomic E-state index is 12.6. The number of fused-ring (bicyclic) bond motifs is 15. The molecular weight excluding hydrogens is 316 g/mol. The van der Waals surface area contributed by atoms with Crippen LogP contribution in [0.4, 0.5) is 0 Å². The summed E-state index contributed by atoms with van der Waals surface area (Å²) in [6.07, 6.45) is 2.27. The topological polar surface area (TPSA) is 67.8 Å². The van der Waals surface area contributed by atoms with Crippen molar-refractivity contribution < 1.29 is 14.3 Å². The van der Waals surface area contributed by atoms with Crippen LogP contribution in [-0.2, 0) is 14.3 Å². The Kier molecular flexibility index (Phi) is 2.53. The molecular formula is C20H20N2O3. The molecule has 5 aliphatic rings. The first kappa shape index (κ1) is 14.0. The van der Waals surface area contributed by atoms with Gasteiger partial charge >= 0.3 is 5.97 Å². The van der Waals surface area contributed by atoms with E-state index in [1.807, 2.05) is 0 Å². The van der Waals surface area contributed by atoms with Crippen molar-refractivity contribution in [2.24, 2.45) is 40.6 Å². The summed E-state index contributed by atoms with van der Waals surface area (Å²) in [6, 6.07) is 8.84.